The van der Waals surface area contributed by atoms with Gasteiger partial charge in [-0.3, -0.25) is 14.4 Å². The van der Waals surface area contributed by atoms with Crippen molar-refractivity contribution in [3.63, 3.8) is 0 Å². The molecule has 6 atom stereocenters. The van der Waals surface area contributed by atoms with Gasteiger partial charge in [0.25, 0.3) is 11.8 Å². The smallest absolute Gasteiger partial charge is 0.328 e. The number of ether oxygens (including phenoxy) is 3. The Hall–Kier alpha value is -5.64. The van der Waals surface area contributed by atoms with Gasteiger partial charge in [0.05, 0.1) is 49.6 Å². The molecule has 5 aliphatic heterocycles. The molecule has 1 fully saturated rings. The van der Waals surface area contributed by atoms with Crippen LogP contribution < -0.4 is 9.47 Å². The summed E-state index contributed by atoms with van der Waals surface area (Å²) in [7, 11) is 0. The maximum Gasteiger partial charge on any atom is 0.328 e. The van der Waals surface area contributed by atoms with Crippen LogP contribution in [0.5, 0.6) is 23.0 Å². The van der Waals surface area contributed by atoms with E-state index in [0.717, 1.165) is 25.7 Å². The minimum absolute atomic E-state index is 0.00596. The van der Waals surface area contributed by atoms with Crippen molar-refractivity contribution in [1.82, 2.24) is 14.7 Å². The van der Waals surface area contributed by atoms with Crippen LogP contribution in [0.1, 0.15) is 163 Å². The molecule has 5 N–H and O–H groups in total. The van der Waals surface area contributed by atoms with E-state index in [1.54, 1.807) is 4.90 Å². The molecule has 0 bridgehead atoms. The van der Waals surface area contributed by atoms with Gasteiger partial charge in [-0.1, -0.05) is 46.6 Å². The average Bonchev–Trinajstić information content (AvgIpc) is 3.80. The number of carbonyl (C=O) groups is 4. The Morgan fingerprint density at radius 1 is 0.732 bits per heavy atom. The van der Waals surface area contributed by atoms with E-state index in [4.69, 9.17) is 14.2 Å². The molecule has 0 radical (unpaired) electrons. The second-order valence-corrected chi connectivity index (χ2v) is 21.3. The lowest BCUT2D eigenvalue weighted by molar-refractivity contribution is -0.160. The number of morpholine rings is 1. The standard InChI is InChI=1S/C56H75N3O12/c1-33(2)14-9-16-35(5)18-11-21-55(7)47(62)28-39-45(60)26-37-41(49(39)70-55)30-57(51(37)64)23-13-20-43(53(66)58-24-25-69-32-44(58)54(67)68)59-31-42-38(52(59)65)27-46(61)40-29-48(63)56(8,71-50(40)42)22-12-19-36(6)17-10-15-34(3)4/h14-15,18-19,26-27,43-44,47-48,60-63H,9-13,16-17,20-25,28-32H2,1-8H3,(H,67,68)/b35-18+,36-19+/t43-,44+,47-,48-,55+,56+/m0/s1. The zero-order valence-electron chi connectivity index (χ0n) is 42.9. The van der Waals surface area contributed by atoms with E-state index in [2.05, 4.69) is 65.8 Å². The highest BCUT2D eigenvalue weighted by atomic mass is 16.5. The number of aliphatic carboxylic acids is 1. The van der Waals surface area contributed by atoms with Crippen LogP contribution in [0.25, 0.3) is 0 Å². The number of fused-ring (bicyclic) bond motifs is 6. The van der Waals surface area contributed by atoms with Crippen LogP contribution in [-0.4, -0.2) is 126 Å². The van der Waals surface area contributed by atoms with Crippen LogP contribution in [-0.2, 0) is 40.3 Å². The van der Waals surface area contributed by atoms with Crippen molar-refractivity contribution in [2.45, 2.75) is 181 Å². The number of carbonyl (C=O) groups excluding carboxylic acids is 3. The van der Waals surface area contributed by atoms with Crippen molar-refractivity contribution in [2.24, 2.45) is 0 Å². The van der Waals surface area contributed by atoms with E-state index in [1.807, 2.05) is 13.8 Å². The van der Waals surface area contributed by atoms with Gasteiger partial charge in [0.2, 0.25) is 5.91 Å². The average molecular weight is 982 g/mol. The van der Waals surface area contributed by atoms with Crippen LogP contribution in [0.2, 0.25) is 0 Å². The Kier molecular flexibility index (Phi) is 16.5. The zero-order chi connectivity index (χ0) is 51.5. The van der Waals surface area contributed by atoms with Crippen molar-refractivity contribution in [2.75, 3.05) is 26.3 Å². The van der Waals surface area contributed by atoms with Crippen molar-refractivity contribution < 1.29 is 58.9 Å². The van der Waals surface area contributed by atoms with Gasteiger partial charge in [0.1, 0.15) is 40.2 Å². The molecule has 0 spiro atoms. The number of phenolic OH excluding ortho intramolecular Hbond substituents is 2. The molecule has 15 heteroatoms. The van der Waals surface area contributed by atoms with E-state index in [9.17, 15) is 44.7 Å². The van der Waals surface area contributed by atoms with Crippen LogP contribution in [0.4, 0.5) is 0 Å². The Morgan fingerprint density at radius 2 is 1.24 bits per heavy atom. The molecule has 0 saturated carbocycles. The number of carboxylic acid groups (broad SMARTS) is 1. The number of nitrogens with zero attached hydrogens (tertiary/aromatic N) is 3. The summed E-state index contributed by atoms with van der Waals surface area (Å²) < 4.78 is 18.7. The first-order valence-corrected chi connectivity index (χ1v) is 25.4. The lowest BCUT2D eigenvalue weighted by Gasteiger charge is -2.41. The lowest BCUT2D eigenvalue weighted by Crippen LogP contribution is -2.58. The summed E-state index contributed by atoms with van der Waals surface area (Å²) in [6.45, 7) is 16.3. The fourth-order valence-electron chi connectivity index (χ4n) is 10.7. The number of hydrogen-bond donors (Lipinski definition) is 5. The van der Waals surface area contributed by atoms with Gasteiger partial charge in [-0.15, -0.1) is 0 Å². The molecular weight excluding hydrogens is 907 g/mol. The second-order valence-electron chi connectivity index (χ2n) is 21.3. The summed E-state index contributed by atoms with van der Waals surface area (Å²) in [5.41, 5.74) is 5.31. The molecule has 71 heavy (non-hydrogen) atoms. The number of phenols is 2. The Labute approximate surface area is 418 Å². The van der Waals surface area contributed by atoms with Gasteiger partial charge in [-0.2, -0.15) is 0 Å². The highest BCUT2D eigenvalue weighted by Crippen LogP contribution is 2.48. The second kappa shape index (κ2) is 22.0. The third kappa shape index (κ3) is 11.5. The summed E-state index contributed by atoms with van der Waals surface area (Å²) in [5.74, 6) is -2.33. The van der Waals surface area contributed by atoms with Crippen LogP contribution in [0.15, 0.2) is 58.7 Å². The monoisotopic (exact) mass is 982 g/mol. The molecule has 2 aromatic carbocycles. The number of amides is 3. The van der Waals surface area contributed by atoms with Gasteiger partial charge in [-0.05, 0) is 132 Å². The van der Waals surface area contributed by atoms with Crippen molar-refractivity contribution >= 4 is 23.7 Å². The largest absolute Gasteiger partial charge is 0.508 e. The Balaban J connectivity index is 1.09. The number of aromatic hydroxyl groups is 2. The molecule has 5 heterocycles. The number of allylic oxidation sites excluding steroid dienone is 8. The van der Waals surface area contributed by atoms with Crippen LogP contribution in [0.3, 0.4) is 0 Å². The summed E-state index contributed by atoms with van der Waals surface area (Å²) in [6, 6.07) is 0.339. The number of aliphatic hydroxyl groups excluding tert-OH is 2. The molecule has 5 aliphatic rings. The first-order valence-electron chi connectivity index (χ1n) is 25.4. The summed E-state index contributed by atoms with van der Waals surface area (Å²) in [4.78, 5) is 60.1. The van der Waals surface area contributed by atoms with E-state index < -0.39 is 53.3 Å². The molecule has 0 aromatic heterocycles. The van der Waals surface area contributed by atoms with Gasteiger partial charge in [0.15, 0.2) is 6.04 Å². The highest BCUT2D eigenvalue weighted by Gasteiger charge is 2.48. The molecule has 386 valence electrons. The number of benzene rings is 2. The normalized spacial score (nSPS) is 24.4. The lowest BCUT2D eigenvalue weighted by atomic mass is 9.84. The van der Waals surface area contributed by atoms with Crippen molar-refractivity contribution in [3.05, 3.63) is 92.1 Å². The van der Waals surface area contributed by atoms with Crippen molar-refractivity contribution in [3.8, 4) is 23.0 Å². The van der Waals surface area contributed by atoms with Crippen LogP contribution in [0, 0.1) is 0 Å². The molecular formula is C56H75N3O12. The third-order valence-corrected chi connectivity index (χ3v) is 15.2. The fourth-order valence-corrected chi connectivity index (χ4v) is 10.7. The van der Waals surface area contributed by atoms with Gasteiger partial charge in [-0.25, -0.2) is 4.79 Å². The van der Waals surface area contributed by atoms with E-state index in [1.165, 1.54) is 44.2 Å². The van der Waals surface area contributed by atoms with Crippen molar-refractivity contribution in [1.29, 1.82) is 0 Å². The number of hydrogen-bond acceptors (Lipinski definition) is 11. The molecule has 0 unspecified atom stereocenters. The summed E-state index contributed by atoms with van der Waals surface area (Å²) in [5, 5.41) is 55.4. The molecule has 7 rings (SSSR count). The van der Waals surface area contributed by atoms with Gasteiger partial charge in [0, 0.05) is 48.2 Å². The van der Waals surface area contributed by atoms with E-state index >= 15 is 0 Å². The molecule has 3 amide bonds. The fraction of sp³-hybridized carbons (Fsp3) is 0.571. The number of carboxylic acids is 1. The maximum absolute atomic E-state index is 14.7. The van der Waals surface area contributed by atoms with Gasteiger partial charge >= 0.3 is 5.97 Å². The molecule has 2 aromatic rings. The predicted molar refractivity (Wildman–Crippen MR) is 269 cm³/mol. The molecule has 1 saturated heterocycles. The number of aliphatic hydroxyl groups is 2. The minimum atomic E-state index is -1.28. The highest BCUT2D eigenvalue weighted by molar-refractivity contribution is 6.03. The van der Waals surface area contributed by atoms with Gasteiger partial charge < -0.3 is 54.4 Å². The molecule has 15 nitrogen and oxygen atoms in total. The zero-order valence-corrected chi connectivity index (χ0v) is 42.9. The molecule has 0 aliphatic carbocycles. The summed E-state index contributed by atoms with van der Waals surface area (Å²) >= 11 is 0. The summed E-state index contributed by atoms with van der Waals surface area (Å²) in [6.07, 6.45) is 13.4. The predicted octanol–water partition coefficient (Wildman–Crippen LogP) is 8.23. The first-order chi connectivity index (χ1) is 33.6. The first kappa shape index (κ1) is 53.2. The van der Waals surface area contributed by atoms with E-state index in [0.29, 0.717) is 59.4 Å². The maximum atomic E-state index is 14.7. The third-order valence-electron chi connectivity index (χ3n) is 15.2. The quantitative estimate of drug-likeness (QED) is 0.0845. The Morgan fingerprint density at radius 3 is 1.75 bits per heavy atom. The minimum Gasteiger partial charge on any atom is -0.508 e. The SMILES string of the molecule is CC(C)=CCC/C(C)=C/CC[C@@]1(C)Oc2c(c(O)cc3c2CN(CCC[C@@H](C(=O)N2CCOC[C@@H]2C(=O)O)N2Cc4c(cc(O)c5c4O[C@](C)(CC/C=C(\C)CCC=C(C)C)[C@@H](O)C5)C2=O)C3=O)C[C@@H]1O. The van der Waals surface area contributed by atoms with E-state index in [-0.39, 0.29) is 93.6 Å². The number of rotatable bonds is 19. The van der Waals surface area contributed by atoms with Crippen LogP contribution >= 0.6 is 0 Å². The Bertz CT molecular complexity index is 2520. The topological polar surface area (TPSA) is 207 Å².